The van der Waals surface area contributed by atoms with E-state index in [1.54, 1.807) is 41.5 Å². The van der Waals surface area contributed by atoms with Crippen LogP contribution in [0.5, 0.6) is 5.75 Å². The summed E-state index contributed by atoms with van der Waals surface area (Å²) in [5.41, 5.74) is 3.90. The first kappa shape index (κ1) is 17.8. The van der Waals surface area contributed by atoms with Crippen molar-refractivity contribution in [2.75, 3.05) is 5.73 Å². The van der Waals surface area contributed by atoms with Gasteiger partial charge in [-0.1, -0.05) is 0 Å². The summed E-state index contributed by atoms with van der Waals surface area (Å²) in [6.45, 7) is 10.2. The van der Waals surface area contributed by atoms with Gasteiger partial charge in [0.05, 0.1) is 0 Å². The third kappa shape index (κ3) is 4.65. The molecule has 0 bridgehead atoms. The lowest BCUT2D eigenvalue weighted by atomic mass is 10.1. The fraction of sp³-hybridized carbons (Fsp3) is 0.500. The topological polar surface area (TPSA) is 98.9 Å². The molecular weight excluding hydrogens is 286 g/mol. The van der Waals surface area contributed by atoms with Gasteiger partial charge in [0.15, 0.2) is 0 Å². The number of ether oxygens (including phenoxy) is 2. The molecule has 1 aromatic rings. The monoisotopic (exact) mass is 309 g/mol. The molecule has 3 N–H and O–H groups in total. The number of carbonyl (C=O) groups excluding carboxylic acids is 2. The second kappa shape index (κ2) is 5.87. The molecule has 22 heavy (non-hydrogen) atoms. The first-order chi connectivity index (χ1) is 9.82. The Hall–Kier alpha value is -2.24. The zero-order valence-electron chi connectivity index (χ0n) is 13.8. The van der Waals surface area contributed by atoms with Gasteiger partial charge in [-0.2, -0.15) is 0 Å². The van der Waals surface area contributed by atoms with Crippen molar-refractivity contribution in [2.24, 2.45) is 0 Å². The summed E-state index contributed by atoms with van der Waals surface area (Å²) in [7, 11) is 0. The minimum atomic E-state index is -0.798. The lowest BCUT2D eigenvalue weighted by Gasteiger charge is -2.22. The molecule has 0 heterocycles. The van der Waals surface area contributed by atoms with Crippen LogP contribution in [-0.4, -0.2) is 28.2 Å². The number of aromatic hydroxyl groups is 1. The molecule has 0 saturated carbocycles. The van der Waals surface area contributed by atoms with E-state index in [-0.39, 0.29) is 16.8 Å². The maximum Gasteiger partial charge on any atom is 0.344 e. The molecule has 6 nitrogen and oxygen atoms in total. The zero-order chi connectivity index (χ0) is 17.3. The molecule has 0 aliphatic rings. The van der Waals surface area contributed by atoms with Crippen LogP contribution in [0.3, 0.4) is 0 Å². The highest BCUT2D eigenvalue weighted by Gasteiger charge is 2.28. The van der Waals surface area contributed by atoms with E-state index in [0.717, 1.165) is 0 Å². The molecular formula is C16H23NO5. The van der Waals surface area contributed by atoms with Crippen LogP contribution in [-0.2, 0) is 9.47 Å². The van der Waals surface area contributed by atoms with Gasteiger partial charge < -0.3 is 20.3 Å². The molecule has 0 aliphatic heterocycles. The number of phenolic OH excluding ortho intramolecular Hbond substituents is 1. The molecule has 0 amide bonds. The third-order valence-electron chi connectivity index (χ3n) is 2.43. The quantitative estimate of drug-likeness (QED) is 0.644. The molecule has 0 atom stereocenters. The van der Waals surface area contributed by atoms with Crippen LogP contribution in [0.2, 0.25) is 0 Å². The molecule has 0 aromatic heterocycles. The van der Waals surface area contributed by atoms with Crippen molar-refractivity contribution >= 4 is 17.6 Å². The molecule has 0 spiro atoms. The number of benzene rings is 1. The number of anilines is 1. The Balaban J connectivity index is 3.24. The van der Waals surface area contributed by atoms with Crippen LogP contribution in [0.4, 0.5) is 5.69 Å². The molecule has 0 aliphatic carbocycles. The van der Waals surface area contributed by atoms with Crippen LogP contribution >= 0.6 is 0 Å². The van der Waals surface area contributed by atoms with Gasteiger partial charge in [-0.3, -0.25) is 0 Å². The molecule has 122 valence electrons. The van der Waals surface area contributed by atoms with E-state index >= 15 is 0 Å². The van der Waals surface area contributed by atoms with E-state index in [4.69, 9.17) is 15.2 Å². The Kier molecular flexibility index (Phi) is 4.75. The summed E-state index contributed by atoms with van der Waals surface area (Å²) >= 11 is 0. The number of carbonyl (C=O) groups is 2. The summed E-state index contributed by atoms with van der Waals surface area (Å²) in [5, 5.41) is 10.2. The molecule has 0 saturated heterocycles. The average molecular weight is 309 g/mol. The van der Waals surface area contributed by atoms with E-state index in [2.05, 4.69) is 0 Å². The number of esters is 2. The first-order valence-corrected chi connectivity index (χ1v) is 6.90. The van der Waals surface area contributed by atoms with E-state index < -0.39 is 28.9 Å². The van der Waals surface area contributed by atoms with Crippen LogP contribution in [0, 0.1) is 0 Å². The SMILES string of the molecule is CC(C)(C)OC(=O)c1ccc(N)c(C(=O)OC(C)(C)C)c1O. The largest absolute Gasteiger partial charge is 0.506 e. The number of hydrogen-bond acceptors (Lipinski definition) is 6. The highest BCUT2D eigenvalue weighted by molar-refractivity contribution is 6.03. The second-order valence-electron chi connectivity index (χ2n) is 6.93. The van der Waals surface area contributed by atoms with Gasteiger partial charge in [-0.15, -0.1) is 0 Å². The molecule has 0 fully saturated rings. The van der Waals surface area contributed by atoms with Gasteiger partial charge in [0.1, 0.15) is 28.1 Å². The van der Waals surface area contributed by atoms with Gasteiger partial charge in [0.2, 0.25) is 0 Å². The third-order valence-corrected chi connectivity index (χ3v) is 2.43. The smallest absolute Gasteiger partial charge is 0.344 e. The highest BCUT2D eigenvalue weighted by atomic mass is 16.6. The van der Waals surface area contributed by atoms with E-state index in [0.29, 0.717) is 0 Å². The first-order valence-electron chi connectivity index (χ1n) is 6.90. The van der Waals surface area contributed by atoms with Crippen molar-refractivity contribution in [1.29, 1.82) is 0 Å². The lowest BCUT2D eigenvalue weighted by Crippen LogP contribution is -2.26. The van der Waals surface area contributed by atoms with Crippen molar-refractivity contribution in [3.05, 3.63) is 23.3 Å². The van der Waals surface area contributed by atoms with Gasteiger partial charge in [-0.05, 0) is 53.7 Å². The van der Waals surface area contributed by atoms with Crippen molar-refractivity contribution < 1.29 is 24.2 Å². The van der Waals surface area contributed by atoms with Crippen molar-refractivity contribution in [2.45, 2.75) is 52.7 Å². The van der Waals surface area contributed by atoms with E-state index in [1.807, 2.05) is 0 Å². The number of hydrogen-bond donors (Lipinski definition) is 2. The van der Waals surface area contributed by atoms with Crippen LogP contribution in [0.1, 0.15) is 62.3 Å². The summed E-state index contributed by atoms with van der Waals surface area (Å²) in [6.07, 6.45) is 0. The summed E-state index contributed by atoms with van der Waals surface area (Å²) in [6, 6.07) is 2.67. The maximum atomic E-state index is 12.1. The van der Waals surface area contributed by atoms with Crippen LogP contribution in [0.15, 0.2) is 12.1 Å². The fourth-order valence-electron chi connectivity index (χ4n) is 1.65. The Bertz CT molecular complexity index is 594. The number of nitrogen functional groups attached to an aromatic ring is 1. The predicted molar refractivity (Wildman–Crippen MR) is 82.9 cm³/mol. The fourth-order valence-corrected chi connectivity index (χ4v) is 1.65. The maximum absolute atomic E-state index is 12.1. The minimum absolute atomic E-state index is 0.0269. The summed E-state index contributed by atoms with van der Waals surface area (Å²) in [4.78, 5) is 24.2. The van der Waals surface area contributed by atoms with Crippen molar-refractivity contribution in [3.63, 3.8) is 0 Å². The molecule has 0 radical (unpaired) electrons. The van der Waals surface area contributed by atoms with Gasteiger partial charge in [0, 0.05) is 5.69 Å². The van der Waals surface area contributed by atoms with Gasteiger partial charge >= 0.3 is 11.9 Å². The Morgan fingerprint density at radius 3 is 1.86 bits per heavy atom. The molecule has 1 rings (SSSR count). The normalized spacial score (nSPS) is 11.9. The van der Waals surface area contributed by atoms with Gasteiger partial charge in [0.25, 0.3) is 0 Å². The zero-order valence-corrected chi connectivity index (χ0v) is 13.8. The van der Waals surface area contributed by atoms with Crippen LogP contribution in [0.25, 0.3) is 0 Å². The predicted octanol–water partition coefficient (Wildman–Crippen LogP) is 2.89. The average Bonchev–Trinajstić information content (AvgIpc) is 2.23. The Morgan fingerprint density at radius 2 is 1.41 bits per heavy atom. The van der Waals surface area contributed by atoms with Crippen molar-refractivity contribution in [3.8, 4) is 5.75 Å². The molecule has 0 unspecified atom stereocenters. The summed E-state index contributed by atoms with van der Waals surface area (Å²) in [5.74, 6) is -2.08. The number of phenols is 1. The molecule has 6 heteroatoms. The number of rotatable bonds is 2. The minimum Gasteiger partial charge on any atom is -0.506 e. The number of nitrogens with two attached hydrogens (primary N) is 1. The van der Waals surface area contributed by atoms with Crippen LogP contribution < -0.4 is 5.73 Å². The van der Waals surface area contributed by atoms with Crippen molar-refractivity contribution in [1.82, 2.24) is 0 Å². The lowest BCUT2D eigenvalue weighted by molar-refractivity contribution is 0.00666. The standard InChI is InChI=1S/C16H23NO5/c1-15(2,3)21-13(19)9-7-8-10(17)11(12(9)18)14(20)22-16(4,5)6/h7-8,18H,17H2,1-6H3. The van der Waals surface area contributed by atoms with E-state index in [9.17, 15) is 14.7 Å². The second-order valence-corrected chi connectivity index (χ2v) is 6.93. The molecule has 1 aromatic carbocycles. The summed E-state index contributed by atoms with van der Waals surface area (Å²) < 4.78 is 10.4. The van der Waals surface area contributed by atoms with E-state index in [1.165, 1.54) is 12.1 Å². The highest BCUT2D eigenvalue weighted by Crippen LogP contribution is 2.31. The Labute approximate surface area is 130 Å². The Morgan fingerprint density at radius 1 is 0.955 bits per heavy atom. The van der Waals surface area contributed by atoms with Gasteiger partial charge in [-0.25, -0.2) is 9.59 Å².